The summed E-state index contributed by atoms with van der Waals surface area (Å²) in [6.07, 6.45) is 2.62. The second-order valence-corrected chi connectivity index (χ2v) is 2.19. The summed E-state index contributed by atoms with van der Waals surface area (Å²) in [5, 5.41) is 17.1. The van der Waals surface area contributed by atoms with E-state index in [0.29, 0.717) is 0 Å². The van der Waals surface area contributed by atoms with Gasteiger partial charge in [0.05, 0.1) is 11.1 Å². The lowest BCUT2D eigenvalue weighted by atomic mass is 10.2. The molecule has 2 amide bonds. The van der Waals surface area contributed by atoms with Crippen molar-refractivity contribution in [2.75, 3.05) is 5.43 Å². The Bertz CT molecular complexity index is 388. The molecule has 64 valence electrons. The molecule has 1 aromatic rings. The van der Waals surface area contributed by atoms with Gasteiger partial charge >= 0.3 is 6.03 Å². The third-order valence-electron chi connectivity index (χ3n) is 1.31. The lowest BCUT2D eigenvalue weighted by Crippen LogP contribution is -2.27. The molecule has 1 heterocycles. The van der Waals surface area contributed by atoms with Gasteiger partial charge in [-0.2, -0.15) is 10.5 Å². The van der Waals surface area contributed by atoms with Crippen molar-refractivity contribution in [2.45, 2.75) is 0 Å². The van der Waals surface area contributed by atoms with Crippen molar-refractivity contribution < 1.29 is 4.79 Å². The number of nitrogens with zero attached hydrogens (tertiary/aromatic N) is 3. The number of nitrogens with one attached hydrogen (secondary N) is 1. The van der Waals surface area contributed by atoms with Gasteiger partial charge in [-0.1, -0.05) is 0 Å². The standard InChI is InChI=1S/C7H5N5O/c8-1-5-3-12(11-7(10)13)4-6(5)2-9/h3-4H,(H3,10,11,13). The molecule has 0 aromatic carbocycles. The van der Waals surface area contributed by atoms with E-state index in [1.165, 1.54) is 17.1 Å². The molecule has 0 bridgehead atoms. The molecule has 6 nitrogen and oxygen atoms in total. The van der Waals surface area contributed by atoms with Crippen LogP contribution >= 0.6 is 0 Å². The topological polar surface area (TPSA) is 108 Å². The van der Waals surface area contributed by atoms with Crippen LogP contribution in [-0.4, -0.2) is 10.7 Å². The van der Waals surface area contributed by atoms with Crippen molar-refractivity contribution in [1.29, 1.82) is 10.5 Å². The average Bonchev–Trinajstić information content (AvgIpc) is 2.45. The molecule has 0 aliphatic rings. The van der Waals surface area contributed by atoms with Gasteiger partial charge in [0.1, 0.15) is 12.1 Å². The number of urea groups is 1. The Kier molecular flexibility index (Phi) is 2.18. The van der Waals surface area contributed by atoms with E-state index >= 15 is 0 Å². The zero-order chi connectivity index (χ0) is 9.84. The lowest BCUT2D eigenvalue weighted by Gasteiger charge is -1.99. The van der Waals surface area contributed by atoms with Crippen LogP contribution in [0.25, 0.3) is 0 Å². The largest absolute Gasteiger partial charge is 0.350 e. The molecule has 0 aliphatic heterocycles. The van der Waals surface area contributed by atoms with Crippen LogP contribution in [0.2, 0.25) is 0 Å². The number of amides is 2. The minimum absolute atomic E-state index is 0.191. The number of primary amides is 1. The summed E-state index contributed by atoms with van der Waals surface area (Å²) < 4.78 is 1.17. The monoisotopic (exact) mass is 175 g/mol. The first-order valence-corrected chi connectivity index (χ1v) is 3.26. The predicted molar refractivity (Wildman–Crippen MR) is 42.8 cm³/mol. The Hall–Kier alpha value is -2.47. The average molecular weight is 175 g/mol. The molecule has 6 heteroatoms. The second-order valence-electron chi connectivity index (χ2n) is 2.19. The molecule has 0 unspecified atom stereocenters. The van der Waals surface area contributed by atoms with Gasteiger partial charge in [-0.25, -0.2) is 10.2 Å². The van der Waals surface area contributed by atoms with Crippen LogP contribution in [0.3, 0.4) is 0 Å². The molecule has 0 aliphatic carbocycles. The van der Waals surface area contributed by atoms with E-state index in [9.17, 15) is 4.79 Å². The van der Waals surface area contributed by atoms with Crippen LogP contribution < -0.4 is 11.2 Å². The van der Waals surface area contributed by atoms with Gasteiger partial charge in [0.2, 0.25) is 0 Å². The number of nitriles is 2. The van der Waals surface area contributed by atoms with E-state index in [-0.39, 0.29) is 11.1 Å². The van der Waals surface area contributed by atoms with Crippen LogP contribution in [0.4, 0.5) is 4.79 Å². The second kappa shape index (κ2) is 3.28. The summed E-state index contributed by atoms with van der Waals surface area (Å²) in [6, 6.07) is 2.85. The third kappa shape index (κ3) is 1.76. The van der Waals surface area contributed by atoms with Crippen molar-refractivity contribution in [3.8, 4) is 12.1 Å². The van der Waals surface area contributed by atoms with E-state index in [2.05, 4.69) is 5.43 Å². The number of aromatic nitrogens is 1. The molecule has 1 rings (SSSR count). The SMILES string of the molecule is N#Cc1cn(NC(N)=O)cc1C#N. The van der Waals surface area contributed by atoms with Gasteiger partial charge in [0, 0.05) is 12.4 Å². The van der Waals surface area contributed by atoms with Gasteiger partial charge < -0.3 is 5.73 Å². The third-order valence-corrected chi connectivity index (χ3v) is 1.31. The number of hydrogen-bond donors (Lipinski definition) is 2. The molecule has 0 spiro atoms. The van der Waals surface area contributed by atoms with Gasteiger partial charge in [0.25, 0.3) is 0 Å². The van der Waals surface area contributed by atoms with Crippen LogP contribution in [-0.2, 0) is 0 Å². The number of rotatable bonds is 1. The Labute approximate surface area is 73.8 Å². The fraction of sp³-hybridized carbons (Fsp3) is 0. The van der Waals surface area contributed by atoms with Crippen LogP contribution in [0.1, 0.15) is 11.1 Å². The van der Waals surface area contributed by atoms with Gasteiger partial charge in [0.15, 0.2) is 0 Å². The minimum Gasteiger partial charge on any atom is -0.350 e. The van der Waals surface area contributed by atoms with E-state index in [1.807, 2.05) is 0 Å². The van der Waals surface area contributed by atoms with Crippen molar-refractivity contribution in [3.05, 3.63) is 23.5 Å². The highest BCUT2D eigenvalue weighted by Gasteiger charge is 2.05. The summed E-state index contributed by atoms with van der Waals surface area (Å²) in [7, 11) is 0. The molecule has 0 saturated heterocycles. The minimum atomic E-state index is -0.760. The maximum atomic E-state index is 10.4. The highest BCUT2D eigenvalue weighted by molar-refractivity contribution is 5.79. The van der Waals surface area contributed by atoms with E-state index in [1.54, 1.807) is 12.1 Å². The number of hydrogen-bond acceptors (Lipinski definition) is 3. The highest BCUT2D eigenvalue weighted by atomic mass is 16.2. The molecule has 0 atom stereocenters. The lowest BCUT2D eigenvalue weighted by molar-refractivity contribution is 0.257. The summed E-state index contributed by atoms with van der Waals surface area (Å²) in [5.41, 5.74) is 7.40. The zero-order valence-corrected chi connectivity index (χ0v) is 6.48. The van der Waals surface area contributed by atoms with Gasteiger partial charge in [-0.3, -0.25) is 4.68 Å². The molecule has 0 fully saturated rings. The van der Waals surface area contributed by atoms with E-state index in [0.717, 1.165) is 0 Å². The molecule has 3 N–H and O–H groups in total. The Morgan fingerprint density at radius 3 is 2.15 bits per heavy atom. The molecular formula is C7H5N5O. The van der Waals surface area contributed by atoms with E-state index in [4.69, 9.17) is 16.3 Å². The number of nitrogens with two attached hydrogens (primary N) is 1. The van der Waals surface area contributed by atoms with Crippen LogP contribution in [0.5, 0.6) is 0 Å². The molecular weight excluding hydrogens is 170 g/mol. The normalized spacial score (nSPS) is 8.46. The number of carbonyl (C=O) groups is 1. The molecule has 0 saturated carbocycles. The molecule has 13 heavy (non-hydrogen) atoms. The predicted octanol–water partition coefficient (Wildman–Crippen LogP) is -0.146. The van der Waals surface area contributed by atoms with Crippen LogP contribution in [0, 0.1) is 22.7 Å². The van der Waals surface area contributed by atoms with Crippen molar-refractivity contribution in [3.63, 3.8) is 0 Å². The van der Waals surface area contributed by atoms with Crippen LogP contribution in [0.15, 0.2) is 12.4 Å². The quantitative estimate of drug-likeness (QED) is 0.619. The molecule has 0 radical (unpaired) electrons. The first-order chi connectivity index (χ1) is 6.17. The summed E-state index contributed by atoms with van der Waals surface area (Å²) >= 11 is 0. The Balaban J connectivity index is 3.03. The fourth-order valence-electron chi connectivity index (χ4n) is 0.825. The Morgan fingerprint density at radius 1 is 1.38 bits per heavy atom. The first-order valence-electron chi connectivity index (χ1n) is 3.26. The van der Waals surface area contributed by atoms with Crippen molar-refractivity contribution in [1.82, 2.24) is 4.68 Å². The summed E-state index contributed by atoms with van der Waals surface area (Å²) in [4.78, 5) is 10.4. The van der Waals surface area contributed by atoms with Crippen molar-refractivity contribution in [2.24, 2.45) is 5.73 Å². The maximum Gasteiger partial charge on any atom is 0.331 e. The van der Waals surface area contributed by atoms with E-state index < -0.39 is 6.03 Å². The first kappa shape index (κ1) is 8.62. The molecule has 1 aromatic heterocycles. The zero-order valence-electron chi connectivity index (χ0n) is 6.48. The Morgan fingerprint density at radius 2 is 1.85 bits per heavy atom. The summed E-state index contributed by atoms with van der Waals surface area (Å²) in [5.74, 6) is 0. The van der Waals surface area contributed by atoms with Gasteiger partial charge in [-0.05, 0) is 0 Å². The maximum absolute atomic E-state index is 10.4. The smallest absolute Gasteiger partial charge is 0.331 e. The number of carbonyl (C=O) groups excluding carboxylic acids is 1. The van der Waals surface area contributed by atoms with Crippen molar-refractivity contribution >= 4 is 6.03 Å². The highest BCUT2D eigenvalue weighted by Crippen LogP contribution is 2.06. The summed E-state index contributed by atoms with van der Waals surface area (Å²) in [6.45, 7) is 0. The fourth-order valence-corrected chi connectivity index (χ4v) is 0.825. The van der Waals surface area contributed by atoms with Gasteiger partial charge in [-0.15, -0.1) is 0 Å².